The average Bonchev–Trinajstić information content (AvgIpc) is 2.36. The molecule has 104 valence electrons. The second-order valence-corrected chi connectivity index (χ2v) is 4.15. The summed E-state index contributed by atoms with van der Waals surface area (Å²) in [5, 5.41) is 11.1. The number of urea groups is 1. The Labute approximate surface area is 111 Å². The molecule has 0 unspecified atom stereocenters. The summed E-state index contributed by atoms with van der Waals surface area (Å²) in [6.45, 7) is 0.132. The zero-order chi connectivity index (χ0) is 14.4. The summed E-state index contributed by atoms with van der Waals surface area (Å²) < 4.78 is 0. The highest BCUT2D eigenvalue weighted by molar-refractivity contribution is 5.88. The third kappa shape index (κ3) is 4.78. The summed E-state index contributed by atoms with van der Waals surface area (Å²) in [6.07, 6.45) is 1.25. The Morgan fingerprint density at radius 2 is 2.00 bits per heavy atom. The predicted octanol–water partition coefficient (Wildman–Crippen LogP) is 0.481. The van der Waals surface area contributed by atoms with Gasteiger partial charge in [-0.2, -0.15) is 0 Å². The molecule has 8 heteroatoms. The summed E-state index contributed by atoms with van der Waals surface area (Å²) in [5.41, 5.74) is 0. The molecule has 0 aliphatic rings. The van der Waals surface area contributed by atoms with Gasteiger partial charge in [-0.05, 0) is 0 Å². The van der Waals surface area contributed by atoms with Crippen molar-refractivity contribution in [3.8, 4) is 0 Å². The van der Waals surface area contributed by atoms with E-state index in [2.05, 4.69) is 15.3 Å². The topological polar surface area (TPSA) is 98.7 Å². The third-order valence-electron chi connectivity index (χ3n) is 2.35. The van der Waals surface area contributed by atoms with Gasteiger partial charge in [0.05, 0.1) is 6.42 Å². The molecule has 1 heterocycles. The number of carboxylic acids is 1. The number of rotatable bonds is 5. The number of nitrogens with one attached hydrogen (secondary N) is 1. The van der Waals surface area contributed by atoms with Crippen LogP contribution in [0.1, 0.15) is 6.42 Å². The van der Waals surface area contributed by atoms with Gasteiger partial charge in [-0.3, -0.25) is 10.1 Å². The normalized spacial score (nSPS) is 9.84. The number of carbonyl (C=O) groups excluding carboxylic acids is 1. The van der Waals surface area contributed by atoms with E-state index in [1.165, 1.54) is 18.3 Å². The molecule has 19 heavy (non-hydrogen) atoms. The number of nitrogens with zero attached hydrogens (tertiary/aromatic N) is 4. The molecule has 1 rings (SSSR count). The van der Waals surface area contributed by atoms with E-state index in [-0.39, 0.29) is 13.0 Å². The van der Waals surface area contributed by atoms with Crippen LogP contribution >= 0.6 is 0 Å². The van der Waals surface area contributed by atoms with Gasteiger partial charge in [0.25, 0.3) is 0 Å². The van der Waals surface area contributed by atoms with Crippen molar-refractivity contribution in [3.05, 3.63) is 12.4 Å². The summed E-state index contributed by atoms with van der Waals surface area (Å²) in [6, 6.07) is 1.22. The highest BCUT2D eigenvalue weighted by Gasteiger charge is 2.11. The Bertz CT molecular complexity index is 463. The highest BCUT2D eigenvalue weighted by atomic mass is 16.4. The van der Waals surface area contributed by atoms with E-state index in [1.54, 1.807) is 11.0 Å². The van der Waals surface area contributed by atoms with Crippen molar-refractivity contribution in [3.63, 3.8) is 0 Å². The number of amides is 2. The van der Waals surface area contributed by atoms with Gasteiger partial charge < -0.3 is 14.9 Å². The van der Waals surface area contributed by atoms with Crippen LogP contribution in [-0.4, -0.2) is 59.7 Å². The van der Waals surface area contributed by atoms with Gasteiger partial charge in [0.1, 0.15) is 18.0 Å². The number of aliphatic carboxylic acids is 1. The van der Waals surface area contributed by atoms with E-state index in [0.717, 1.165) is 0 Å². The maximum Gasteiger partial charge on any atom is 0.322 e. The number of carboxylic acid groups (broad SMARTS) is 1. The minimum atomic E-state index is -0.948. The summed E-state index contributed by atoms with van der Waals surface area (Å²) in [4.78, 5) is 33.2. The Morgan fingerprint density at radius 3 is 2.58 bits per heavy atom. The van der Waals surface area contributed by atoms with E-state index in [0.29, 0.717) is 11.6 Å². The van der Waals surface area contributed by atoms with Crippen LogP contribution in [0, 0.1) is 0 Å². The Kier molecular flexibility index (Phi) is 5.04. The SMILES string of the molecule is CN(CCC(=O)O)C(=O)Nc1cc(N(C)C)ncn1. The Hall–Kier alpha value is -2.38. The van der Waals surface area contributed by atoms with Crippen molar-refractivity contribution in [2.45, 2.75) is 6.42 Å². The fourth-order valence-corrected chi connectivity index (χ4v) is 1.23. The fraction of sp³-hybridized carbons (Fsp3) is 0.455. The molecule has 0 fully saturated rings. The molecule has 2 amide bonds. The van der Waals surface area contributed by atoms with E-state index in [9.17, 15) is 9.59 Å². The van der Waals surface area contributed by atoms with Gasteiger partial charge in [-0.25, -0.2) is 14.8 Å². The van der Waals surface area contributed by atoms with Crippen molar-refractivity contribution in [1.82, 2.24) is 14.9 Å². The van der Waals surface area contributed by atoms with Gasteiger partial charge in [-0.15, -0.1) is 0 Å². The highest BCUT2D eigenvalue weighted by Crippen LogP contribution is 2.11. The second kappa shape index (κ2) is 6.53. The van der Waals surface area contributed by atoms with Gasteiger partial charge in [-0.1, -0.05) is 0 Å². The van der Waals surface area contributed by atoms with Crippen molar-refractivity contribution in [2.24, 2.45) is 0 Å². The molecule has 0 saturated heterocycles. The first kappa shape index (κ1) is 14.7. The second-order valence-electron chi connectivity index (χ2n) is 4.15. The molecule has 2 N–H and O–H groups in total. The van der Waals surface area contributed by atoms with Gasteiger partial charge in [0.15, 0.2) is 0 Å². The van der Waals surface area contributed by atoms with E-state index in [4.69, 9.17) is 5.11 Å². The van der Waals surface area contributed by atoms with E-state index in [1.807, 2.05) is 14.1 Å². The molecule has 0 aliphatic carbocycles. The Balaban J connectivity index is 2.61. The maximum absolute atomic E-state index is 11.8. The minimum Gasteiger partial charge on any atom is -0.481 e. The lowest BCUT2D eigenvalue weighted by Gasteiger charge is -2.17. The third-order valence-corrected chi connectivity index (χ3v) is 2.35. The fourth-order valence-electron chi connectivity index (χ4n) is 1.23. The van der Waals surface area contributed by atoms with Crippen molar-refractivity contribution in [1.29, 1.82) is 0 Å². The van der Waals surface area contributed by atoms with Crippen LogP contribution in [0.25, 0.3) is 0 Å². The summed E-state index contributed by atoms with van der Waals surface area (Å²) in [5.74, 6) is 0.0842. The van der Waals surface area contributed by atoms with Crippen LogP contribution in [0.4, 0.5) is 16.4 Å². The van der Waals surface area contributed by atoms with Crippen molar-refractivity contribution in [2.75, 3.05) is 37.9 Å². The number of carbonyl (C=O) groups is 2. The molecule has 1 aromatic rings. The van der Waals surface area contributed by atoms with Crippen molar-refractivity contribution < 1.29 is 14.7 Å². The van der Waals surface area contributed by atoms with Crippen LogP contribution < -0.4 is 10.2 Å². The smallest absolute Gasteiger partial charge is 0.322 e. The summed E-state index contributed by atoms with van der Waals surface area (Å²) >= 11 is 0. The number of hydrogen-bond acceptors (Lipinski definition) is 5. The summed E-state index contributed by atoms with van der Waals surface area (Å²) in [7, 11) is 5.17. The lowest BCUT2D eigenvalue weighted by molar-refractivity contribution is -0.137. The largest absolute Gasteiger partial charge is 0.481 e. The zero-order valence-electron chi connectivity index (χ0n) is 11.1. The van der Waals surface area contributed by atoms with Gasteiger partial charge in [0.2, 0.25) is 0 Å². The number of hydrogen-bond donors (Lipinski definition) is 2. The van der Waals surface area contributed by atoms with E-state index < -0.39 is 12.0 Å². The first-order valence-electron chi connectivity index (χ1n) is 5.63. The molecule has 0 radical (unpaired) electrons. The van der Waals surface area contributed by atoms with Gasteiger partial charge >= 0.3 is 12.0 Å². The molecule has 1 aromatic heterocycles. The first-order valence-corrected chi connectivity index (χ1v) is 5.63. The monoisotopic (exact) mass is 267 g/mol. The van der Waals surface area contributed by atoms with Crippen LogP contribution in [-0.2, 0) is 4.79 Å². The maximum atomic E-state index is 11.8. The van der Waals surface area contributed by atoms with Gasteiger partial charge in [0, 0.05) is 33.8 Å². The quantitative estimate of drug-likeness (QED) is 0.805. The van der Waals surface area contributed by atoms with E-state index >= 15 is 0 Å². The van der Waals surface area contributed by atoms with Crippen LogP contribution in [0.15, 0.2) is 12.4 Å². The molecule has 0 aromatic carbocycles. The molecule has 0 aliphatic heterocycles. The van der Waals surface area contributed by atoms with Crippen LogP contribution in [0.2, 0.25) is 0 Å². The average molecular weight is 267 g/mol. The number of anilines is 2. The van der Waals surface area contributed by atoms with Crippen LogP contribution in [0.5, 0.6) is 0 Å². The molecular formula is C11H17N5O3. The zero-order valence-corrected chi connectivity index (χ0v) is 11.1. The molecule has 8 nitrogen and oxygen atoms in total. The Morgan fingerprint density at radius 1 is 1.32 bits per heavy atom. The molecule has 0 saturated carbocycles. The molecule has 0 atom stereocenters. The molecule has 0 spiro atoms. The predicted molar refractivity (Wildman–Crippen MR) is 70.3 cm³/mol. The molecule has 0 bridgehead atoms. The minimum absolute atomic E-state index is 0.101. The standard InChI is InChI=1S/C11H17N5O3/c1-15(2)9-6-8(12-7-13-9)14-11(19)16(3)5-4-10(17)18/h6-7H,4-5H2,1-3H3,(H,17,18)(H,12,13,14,19). The van der Waals surface area contributed by atoms with Crippen LogP contribution in [0.3, 0.4) is 0 Å². The molecular weight excluding hydrogens is 250 g/mol. The number of aromatic nitrogens is 2. The first-order chi connectivity index (χ1) is 8.90. The van der Waals surface area contributed by atoms with Crippen molar-refractivity contribution >= 4 is 23.6 Å². The lowest BCUT2D eigenvalue weighted by atomic mass is 10.4. The lowest BCUT2D eigenvalue weighted by Crippen LogP contribution is -2.33.